The Balaban J connectivity index is 1.96. The van der Waals surface area contributed by atoms with Crippen molar-refractivity contribution in [3.8, 4) is 34.7 Å². The van der Waals surface area contributed by atoms with Crippen molar-refractivity contribution in [2.45, 2.75) is 12.8 Å². The van der Waals surface area contributed by atoms with Crippen LogP contribution in [0.25, 0.3) is 11.3 Å². The van der Waals surface area contributed by atoms with Crippen LogP contribution in [-0.2, 0) is 0 Å². The Labute approximate surface area is 175 Å². The van der Waals surface area contributed by atoms with E-state index in [0.29, 0.717) is 33.8 Å². The number of allylic oxidation sites excluding steroid dienone is 1. The summed E-state index contributed by atoms with van der Waals surface area (Å²) < 4.78 is 11.6. The van der Waals surface area contributed by atoms with Gasteiger partial charge in [-0.15, -0.1) is 5.10 Å². The van der Waals surface area contributed by atoms with Gasteiger partial charge in [0.2, 0.25) is 11.8 Å². The maximum atomic E-state index is 10.3. The zero-order valence-electron chi connectivity index (χ0n) is 15.4. The fourth-order valence-corrected chi connectivity index (χ4v) is 3.89. The van der Waals surface area contributed by atoms with Crippen LogP contribution in [0.4, 0.5) is 0 Å². The number of aromatic hydroxyl groups is 1. The van der Waals surface area contributed by atoms with Crippen LogP contribution in [0.2, 0.25) is 0 Å². The number of benzene rings is 2. The van der Waals surface area contributed by atoms with Crippen LogP contribution in [0, 0.1) is 11.3 Å². The van der Waals surface area contributed by atoms with Crippen LogP contribution in [0.1, 0.15) is 24.0 Å². The van der Waals surface area contributed by atoms with Crippen molar-refractivity contribution in [3.05, 3.63) is 69.5 Å². The van der Waals surface area contributed by atoms with E-state index in [9.17, 15) is 10.4 Å². The molecule has 2 heterocycles. The quantitative estimate of drug-likeness (QED) is 0.546. The number of rotatable bonds is 4. The minimum atomic E-state index is -0.547. The zero-order valence-corrected chi connectivity index (χ0v) is 17.0. The Morgan fingerprint density at radius 1 is 1.34 bits per heavy atom. The third-order valence-electron chi connectivity index (χ3n) is 4.69. The van der Waals surface area contributed by atoms with Crippen molar-refractivity contribution < 1.29 is 14.6 Å². The highest BCUT2D eigenvalue weighted by Gasteiger charge is 2.36. The number of hydrogen-bond donors (Lipinski definition) is 3. The highest BCUT2D eigenvalue weighted by Crippen LogP contribution is 2.48. The summed E-state index contributed by atoms with van der Waals surface area (Å²) in [6.07, 6.45) is 0. The lowest BCUT2D eigenvalue weighted by atomic mass is 9.83. The van der Waals surface area contributed by atoms with Gasteiger partial charge in [0.25, 0.3) is 0 Å². The van der Waals surface area contributed by atoms with E-state index in [4.69, 9.17) is 15.2 Å². The monoisotopic (exact) mass is 452 g/mol. The number of nitrogens with one attached hydrogen (secondary N) is 1. The number of nitriles is 1. The van der Waals surface area contributed by atoms with Crippen LogP contribution in [-0.4, -0.2) is 21.9 Å². The number of aromatic amines is 1. The Bertz CT molecular complexity index is 1150. The molecule has 0 amide bonds. The van der Waals surface area contributed by atoms with E-state index < -0.39 is 5.92 Å². The Morgan fingerprint density at radius 3 is 2.79 bits per heavy atom. The summed E-state index contributed by atoms with van der Waals surface area (Å²) in [5.41, 5.74) is 9.33. The number of nitrogens with zero attached hydrogens (tertiary/aromatic N) is 2. The van der Waals surface area contributed by atoms with Gasteiger partial charge in [-0.05, 0) is 46.1 Å². The first-order chi connectivity index (χ1) is 14.0. The number of H-pyrrole nitrogens is 1. The predicted molar refractivity (Wildman–Crippen MR) is 110 cm³/mol. The minimum Gasteiger partial charge on any atom is -0.503 e. The fraction of sp³-hybridized carbons (Fsp3) is 0.143. The van der Waals surface area contributed by atoms with Crippen molar-refractivity contribution in [1.29, 1.82) is 5.26 Å². The second-order valence-corrected chi connectivity index (χ2v) is 7.25. The largest absolute Gasteiger partial charge is 0.503 e. The maximum absolute atomic E-state index is 10.3. The molecule has 0 aliphatic carbocycles. The maximum Gasteiger partial charge on any atom is 0.244 e. The van der Waals surface area contributed by atoms with Crippen LogP contribution < -0.4 is 15.2 Å². The van der Waals surface area contributed by atoms with E-state index in [-0.39, 0.29) is 17.2 Å². The number of phenolic OH excluding ortho intramolecular Hbond substituents is 1. The summed E-state index contributed by atoms with van der Waals surface area (Å²) in [5.74, 6) is 0.0685. The van der Waals surface area contributed by atoms with Crippen molar-refractivity contribution in [2.24, 2.45) is 5.73 Å². The van der Waals surface area contributed by atoms with Crippen molar-refractivity contribution >= 4 is 15.9 Å². The highest BCUT2D eigenvalue weighted by atomic mass is 79.9. The van der Waals surface area contributed by atoms with Gasteiger partial charge in [-0.2, -0.15) is 5.26 Å². The molecule has 3 aromatic rings. The van der Waals surface area contributed by atoms with Gasteiger partial charge in [-0.3, -0.25) is 5.10 Å². The van der Waals surface area contributed by atoms with E-state index in [1.54, 1.807) is 12.1 Å². The third kappa shape index (κ3) is 3.19. The number of aromatic nitrogens is 2. The normalized spacial score (nSPS) is 15.4. The molecule has 0 fully saturated rings. The van der Waals surface area contributed by atoms with E-state index in [1.807, 2.05) is 37.3 Å². The molecule has 29 heavy (non-hydrogen) atoms. The molecule has 2 aromatic carbocycles. The molecule has 4 rings (SSSR count). The molecule has 0 unspecified atom stereocenters. The lowest BCUT2D eigenvalue weighted by molar-refractivity contribution is 0.316. The number of nitrogens with two attached hydrogens (primary N) is 1. The summed E-state index contributed by atoms with van der Waals surface area (Å²) >= 11 is 3.37. The molecule has 0 radical (unpaired) electrons. The number of fused-ring (bicyclic) bond motifs is 1. The van der Waals surface area contributed by atoms with Gasteiger partial charge >= 0.3 is 0 Å². The molecule has 4 N–H and O–H groups in total. The molecule has 0 saturated carbocycles. The molecule has 1 atom stereocenters. The fourth-order valence-electron chi connectivity index (χ4n) is 3.43. The van der Waals surface area contributed by atoms with E-state index >= 15 is 0 Å². The smallest absolute Gasteiger partial charge is 0.244 e. The van der Waals surface area contributed by atoms with E-state index in [0.717, 1.165) is 11.3 Å². The minimum absolute atomic E-state index is 0.00160. The lowest BCUT2D eigenvalue weighted by Crippen LogP contribution is -2.21. The molecule has 0 saturated heterocycles. The molecule has 1 aliphatic rings. The molecule has 8 heteroatoms. The predicted octanol–water partition coefficient (Wildman–Crippen LogP) is 4.16. The molecular weight excluding hydrogens is 436 g/mol. The van der Waals surface area contributed by atoms with E-state index in [2.05, 4.69) is 32.2 Å². The second kappa shape index (κ2) is 7.53. The van der Waals surface area contributed by atoms with Crippen molar-refractivity contribution in [2.75, 3.05) is 6.61 Å². The zero-order chi connectivity index (χ0) is 20.5. The Kier molecular flexibility index (Phi) is 4.91. The summed E-state index contributed by atoms with van der Waals surface area (Å²) in [6.45, 7) is 2.21. The first-order valence-corrected chi connectivity index (χ1v) is 9.70. The summed E-state index contributed by atoms with van der Waals surface area (Å²) in [7, 11) is 0. The van der Waals surface area contributed by atoms with Crippen molar-refractivity contribution in [3.63, 3.8) is 0 Å². The number of phenols is 1. The summed E-state index contributed by atoms with van der Waals surface area (Å²) in [6, 6.07) is 15.2. The van der Waals surface area contributed by atoms with Gasteiger partial charge in [0, 0.05) is 0 Å². The average molecular weight is 453 g/mol. The van der Waals surface area contributed by atoms with Crippen LogP contribution in [0.3, 0.4) is 0 Å². The molecule has 7 nitrogen and oxygen atoms in total. The third-order valence-corrected chi connectivity index (χ3v) is 5.29. The van der Waals surface area contributed by atoms with Crippen LogP contribution in [0.5, 0.6) is 17.4 Å². The van der Waals surface area contributed by atoms with Crippen LogP contribution >= 0.6 is 15.9 Å². The molecule has 146 valence electrons. The molecular formula is C21H17BrN4O3. The number of hydrogen-bond acceptors (Lipinski definition) is 6. The summed E-state index contributed by atoms with van der Waals surface area (Å²) in [4.78, 5) is 0. The van der Waals surface area contributed by atoms with Gasteiger partial charge in [0.1, 0.15) is 11.6 Å². The second-order valence-electron chi connectivity index (χ2n) is 6.39. The Hall–Kier alpha value is -3.44. The average Bonchev–Trinajstić information content (AvgIpc) is 3.14. The molecule has 0 bridgehead atoms. The van der Waals surface area contributed by atoms with Gasteiger partial charge in [-0.1, -0.05) is 30.3 Å². The van der Waals surface area contributed by atoms with Gasteiger partial charge < -0.3 is 20.3 Å². The standard InChI is InChI=1S/C21H17BrN4O3/c1-2-28-15-9-12(8-14(22)19(15)27)16-13(10-23)20(24)29-21-17(16)18(25-26-21)11-6-4-3-5-7-11/h3-9,16,27H,2,24H2,1H3,(H,25,26)/t16-/m0/s1. The number of halogens is 1. The highest BCUT2D eigenvalue weighted by molar-refractivity contribution is 9.10. The molecule has 1 aliphatic heterocycles. The van der Waals surface area contributed by atoms with Gasteiger partial charge in [0.15, 0.2) is 11.5 Å². The van der Waals surface area contributed by atoms with E-state index in [1.165, 1.54) is 0 Å². The van der Waals surface area contributed by atoms with Crippen molar-refractivity contribution in [1.82, 2.24) is 10.2 Å². The molecule has 0 spiro atoms. The first-order valence-electron chi connectivity index (χ1n) is 8.91. The topological polar surface area (TPSA) is 117 Å². The SMILES string of the molecule is CCOc1cc([C@H]2C(C#N)=C(N)Oc3n[nH]c(-c4ccccc4)c32)cc(Br)c1O. The summed E-state index contributed by atoms with van der Waals surface area (Å²) in [5, 5.41) is 27.4. The van der Waals surface area contributed by atoms with Crippen LogP contribution in [0.15, 0.2) is 58.4 Å². The molecule has 1 aromatic heterocycles. The first kappa shape index (κ1) is 18.9. The lowest BCUT2D eigenvalue weighted by Gasteiger charge is -2.25. The van der Waals surface area contributed by atoms with Gasteiger partial charge in [0.05, 0.1) is 28.3 Å². The number of ether oxygens (including phenoxy) is 2. The van der Waals surface area contributed by atoms with Gasteiger partial charge in [-0.25, -0.2) is 0 Å². The Morgan fingerprint density at radius 2 is 2.10 bits per heavy atom.